The molecular weight excluding hydrogens is 276 g/mol. The fourth-order valence-corrected chi connectivity index (χ4v) is 1.80. The number of amides is 1. The highest BCUT2D eigenvalue weighted by Crippen LogP contribution is 2.16. The fourth-order valence-electron chi connectivity index (χ4n) is 1.80. The summed E-state index contributed by atoms with van der Waals surface area (Å²) in [6.07, 6.45) is 12.4. The molecule has 0 heterocycles. The van der Waals surface area contributed by atoms with E-state index in [0.717, 1.165) is 16.8 Å². The minimum absolute atomic E-state index is 0.0180. The van der Waals surface area contributed by atoms with E-state index in [1.807, 2.05) is 19.1 Å². The van der Waals surface area contributed by atoms with E-state index in [4.69, 9.17) is 5.11 Å². The van der Waals surface area contributed by atoms with E-state index in [-0.39, 0.29) is 5.76 Å². The molecule has 0 saturated carbocycles. The lowest BCUT2D eigenvalue weighted by molar-refractivity contribution is -0.105. The maximum atomic E-state index is 10.2. The fraction of sp³-hybridized carbons (Fsp3) is 0.278. The van der Waals surface area contributed by atoms with E-state index in [1.165, 1.54) is 32.4 Å². The number of anilines is 1. The Balaban J connectivity index is 0.000000522. The summed E-state index contributed by atoms with van der Waals surface area (Å²) < 4.78 is 0. The number of aliphatic hydroxyl groups excluding tert-OH is 1. The largest absolute Gasteiger partial charge is 0.509 e. The summed E-state index contributed by atoms with van der Waals surface area (Å²) in [5.74, 6) is 0.0180. The van der Waals surface area contributed by atoms with Crippen LogP contribution in [0.25, 0.3) is 6.08 Å². The smallest absolute Gasteiger partial charge is 0.211 e. The van der Waals surface area contributed by atoms with Gasteiger partial charge in [-0.05, 0) is 62.6 Å². The van der Waals surface area contributed by atoms with Crippen molar-refractivity contribution in [1.29, 1.82) is 0 Å². The molecule has 0 unspecified atom stereocenters. The second-order valence-electron chi connectivity index (χ2n) is 4.56. The van der Waals surface area contributed by atoms with Gasteiger partial charge in [-0.25, -0.2) is 0 Å². The molecule has 0 bridgehead atoms. The van der Waals surface area contributed by atoms with Crippen molar-refractivity contribution < 1.29 is 9.90 Å². The van der Waals surface area contributed by atoms with Crippen molar-refractivity contribution >= 4 is 18.2 Å². The normalized spacial score (nSPS) is 12.0. The molecule has 0 aliphatic heterocycles. The van der Waals surface area contributed by atoms with Crippen LogP contribution < -0.4 is 11.1 Å². The summed E-state index contributed by atoms with van der Waals surface area (Å²) in [6.45, 7) is 5.28. The van der Waals surface area contributed by atoms with Gasteiger partial charge in [-0.3, -0.25) is 4.79 Å². The Hall–Kier alpha value is -2.33. The van der Waals surface area contributed by atoms with Gasteiger partial charge >= 0.3 is 0 Å². The minimum Gasteiger partial charge on any atom is -0.509 e. The second kappa shape index (κ2) is 12.4. The summed E-state index contributed by atoms with van der Waals surface area (Å²) in [5, 5.41) is 11.5. The van der Waals surface area contributed by atoms with Crippen LogP contribution in [0.2, 0.25) is 0 Å². The average molecular weight is 302 g/mol. The molecule has 0 saturated heterocycles. The molecule has 4 N–H and O–H groups in total. The van der Waals surface area contributed by atoms with Gasteiger partial charge in [-0.1, -0.05) is 30.9 Å². The number of rotatable bonds is 4. The number of nitrogens with two attached hydrogens (primary N) is 1. The summed E-state index contributed by atoms with van der Waals surface area (Å²) in [6, 6.07) is 5.51. The van der Waals surface area contributed by atoms with Crippen molar-refractivity contribution in [2.75, 3.05) is 12.4 Å². The molecule has 0 fully saturated rings. The van der Waals surface area contributed by atoms with Gasteiger partial charge in [-0.15, -0.1) is 0 Å². The van der Waals surface area contributed by atoms with Gasteiger partial charge in [0.2, 0.25) is 6.41 Å². The minimum atomic E-state index is 0.0180. The van der Waals surface area contributed by atoms with Crippen LogP contribution in [0.5, 0.6) is 0 Å². The second-order valence-corrected chi connectivity index (χ2v) is 4.56. The summed E-state index contributed by atoms with van der Waals surface area (Å²) >= 11 is 0. The third-order valence-corrected chi connectivity index (χ3v) is 2.86. The highest BCUT2D eigenvalue weighted by Gasteiger charge is 1.96. The third-order valence-electron chi connectivity index (χ3n) is 2.86. The zero-order valence-electron chi connectivity index (χ0n) is 13.4. The molecule has 1 aliphatic carbocycles. The van der Waals surface area contributed by atoms with Gasteiger partial charge in [0.05, 0.1) is 0 Å². The maximum absolute atomic E-state index is 10.2. The quantitative estimate of drug-likeness (QED) is 0.341. The highest BCUT2D eigenvalue weighted by atomic mass is 16.3. The number of allylic oxidation sites excluding steroid dienone is 3. The first-order valence-corrected chi connectivity index (χ1v) is 7.23. The van der Waals surface area contributed by atoms with Crippen LogP contribution in [-0.2, 0) is 4.79 Å². The number of aliphatic hydroxyl groups is 1. The van der Waals surface area contributed by atoms with Crippen molar-refractivity contribution in [2.45, 2.75) is 26.2 Å². The van der Waals surface area contributed by atoms with Gasteiger partial charge in [0.15, 0.2) is 0 Å². The molecule has 1 aromatic carbocycles. The number of nitrogens with one attached hydrogen (secondary N) is 1. The average Bonchev–Trinajstić information content (AvgIpc) is 3.08. The van der Waals surface area contributed by atoms with Crippen LogP contribution >= 0.6 is 0 Å². The standard InChI is InChI=1S/C12H13NO2.C5H8.CH5N/c1-9-7-12(13-8-14)6-5-11(9)4-3-10(2)15;1-2-4-5-3-1;1-2/h3-8,15H,2H2,1H3,(H,13,14);1-2H,3-5H2;2H2,1H3/b4-3+;;. The Bertz CT molecular complexity index is 514. The van der Waals surface area contributed by atoms with Crippen LogP contribution in [0.3, 0.4) is 0 Å². The van der Waals surface area contributed by atoms with Gasteiger partial charge < -0.3 is 16.2 Å². The number of hydrogen-bond donors (Lipinski definition) is 3. The maximum Gasteiger partial charge on any atom is 0.211 e. The Kier molecular flexibility index (Phi) is 11.1. The van der Waals surface area contributed by atoms with Crippen molar-refractivity contribution in [1.82, 2.24) is 0 Å². The van der Waals surface area contributed by atoms with Gasteiger partial charge in [-0.2, -0.15) is 0 Å². The van der Waals surface area contributed by atoms with Crippen LogP contribution in [-0.4, -0.2) is 18.6 Å². The molecule has 1 aromatic rings. The lowest BCUT2D eigenvalue weighted by atomic mass is 10.1. The van der Waals surface area contributed by atoms with Gasteiger partial charge in [0, 0.05) is 5.69 Å². The van der Waals surface area contributed by atoms with Crippen LogP contribution in [0.15, 0.2) is 48.8 Å². The molecule has 1 amide bonds. The lowest BCUT2D eigenvalue weighted by Gasteiger charge is -2.03. The van der Waals surface area contributed by atoms with Gasteiger partial charge in [0.1, 0.15) is 5.76 Å². The number of benzene rings is 1. The Morgan fingerprint density at radius 2 is 1.95 bits per heavy atom. The number of carbonyl (C=O) groups is 1. The topological polar surface area (TPSA) is 75.3 Å². The van der Waals surface area contributed by atoms with E-state index >= 15 is 0 Å². The number of hydrogen-bond acceptors (Lipinski definition) is 3. The molecule has 0 atom stereocenters. The molecular formula is C18H26N2O2. The van der Waals surface area contributed by atoms with Crippen molar-refractivity contribution in [3.8, 4) is 0 Å². The Morgan fingerprint density at radius 1 is 1.32 bits per heavy atom. The van der Waals surface area contributed by atoms with E-state index < -0.39 is 0 Å². The van der Waals surface area contributed by atoms with Crippen molar-refractivity contribution in [3.05, 3.63) is 59.9 Å². The SMILES string of the molecule is C1=CCCC1.C=C(O)/C=C/c1ccc(NC=O)cc1C.CN. The first kappa shape index (κ1) is 19.7. The summed E-state index contributed by atoms with van der Waals surface area (Å²) in [7, 11) is 1.50. The third kappa shape index (κ3) is 8.76. The molecule has 1 aliphatic rings. The van der Waals surface area contributed by atoms with Crippen molar-refractivity contribution in [3.63, 3.8) is 0 Å². The predicted molar refractivity (Wildman–Crippen MR) is 94.8 cm³/mol. The summed E-state index contributed by atoms with van der Waals surface area (Å²) in [5.41, 5.74) is 7.24. The molecule has 120 valence electrons. The van der Waals surface area contributed by atoms with Gasteiger partial charge in [0.25, 0.3) is 0 Å². The monoisotopic (exact) mass is 302 g/mol. The van der Waals surface area contributed by atoms with E-state index in [1.54, 1.807) is 12.1 Å². The van der Waals surface area contributed by atoms with Crippen LogP contribution in [0, 0.1) is 6.92 Å². The molecule has 0 spiro atoms. The Labute approximate surface area is 133 Å². The van der Waals surface area contributed by atoms with Crippen LogP contribution in [0.1, 0.15) is 30.4 Å². The molecule has 4 heteroatoms. The predicted octanol–water partition coefficient (Wildman–Crippen LogP) is 3.95. The number of carbonyl (C=O) groups excluding carboxylic acids is 1. The van der Waals surface area contributed by atoms with Crippen molar-refractivity contribution in [2.24, 2.45) is 5.73 Å². The first-order chi connectivity index (χ1) is 10.6. The molecule has 0 radical (unpaired) electrons. The first-order valence-electron chi connectivity index (χ1n) is 7.23. The van der Waals surface area contributed by atoms with Crippen LogP contribution in [0.4, 0.5) is 5.69 Å². The number of aryl methyl sites for hydroxylation is 1. The molecule has 2 rings (SSSR count). The van der Waals surface area contributed by atoms with E-state index in [9.17, 15) is 4.79 Å². The van der Waals surface area contributed by atoms with E-state index in [0.29, 0.717) is 6.41 Å². The summed E-state index contributed by atoms with van der Waals surface area (Å²) in [4.78, 5) is 10.2. The molecule has 22 heavy (non-hydrogen) atoms. The molecule has 0 aromatic heterocycles. The highest BCUT2D eigenvalue weighted by molar-refractivity contribution is 5.73. The Morgan fingerprint density at radius 3 is 2.36 bits per heavy atom. The zero-order chi connectivity index (χ0) is 16.8. The molecule has 4 nitrogen and oxygen atoms in total. The van der Waals surface area contributed by atoms with E-state index in [2.05, 4.69) is 29.8 Å². The zero-order valence-corrected chi connectivity index (χ0v) is 13.4. The lowest BCUT2D eigenvalue weighted by Crippen LogP contribution is -1.94.